The third-order valence-electron chi connectivity index (χ3n) is 8.08. The molecule has 4 aliphatic rings. The van der Waals surface area contributed by atoms with Crippen LogP contribution in [0.25, 0.3) is 0 Å². The van der Waals surface area contributed by atoms with Crippen molar-refractivity contribution < 1.29 is 49.2 Å². The number of aliphatic hydroxyl groups excluding tert-OH is 5. The average molecular weight is 553 g/mol. The van der Waals surface area contributed by atoms with Crippen molar-refractivity contribution in [3.8, 4) is 0 Å². The number of ether oxygens (including phenoxy) is 5. The van der Waals surface area contributed by atoms with Gasteiger partial charge in [-0.3, -0.25) is 0 Å². The molecule has 11 unspecified atom stereocenters. The molecule has 1 saturated carbocycles. The van der Waals surface area contributed by atoms with Crippen LogP contribution in [-0.4, -0.2) is 143 Å². The van der Waals surface area contributed by atoms with E-state index >= 15 is 0 Å². The maximum atomic E-state index is 11.2. The van der Waals surface area contributed by atoms with Crippen molar-refractivity contribution in [1.29, 1.82) is 0 Å². The molecule has 0 radical (unpaired) electrons. The fraction of sp³-hybridized carbons (Fsp3) is 1.00. The largest absolute Gasteiger partial charge is 0.394 e. The van der Waals surface area contributed by atoms with E-state index in [0.717, 1.165) is 0 Å². The molecule has 16 N–H and O–H groups in total. The third-order valence-corrected chi connectivity index (χ3v) is 8.08. The predicted molar refractivity (Wildman–Crippen MR) is 130 cm³/mol. The van der Waals surface area contributed by atoms with Gasteiger partial charge in [0, 0.05) is 11.6 Å². The highest BCUT2D eigenvalue weighted by atomic mass is 16.8. The minimum absolute atomic E-state index is 0.0380. The first-order chi connectivity index (χ1) is 17.9. The molecule has 3 heterocycles. The average Bonchev–Trinajstić information content (AvgIpc) is 2.86. The van der Waals surface area contributed by atoms with Crippen LogP contribution in [0.3, 0.4) is 0 Å². The molecule has 3 aliphatic heterocycles. The molecule has 16 heteroatoms. The summed E-state index contributed by atoms with van der Waals surface area (Å²) in [6.07, 6.45) is -9.71. The fourth-order valence-electron chi connectivity index (χ4n) is 5.77. The molecule has 0 aromatic carbocycles. The zero-order valence-corrected chi connectivity index (χ0v) is 21.4. The van der Waals surface area contributed by atoms with Gasteiger partial charge in [-0.25, -0.2) is 0 Å². The van der Waals surface area contributed by atoms with Gasteiger partial charge in [0.15, 0.2) is 18.9 Å². The molecule has 0 amide bonds. The molecular weight excluding hydrogens is 508 g/mol. The molecule has 0 aromatic rings. The van der Waals surface area contributed by atoms with Crippen molar-refractivity contribution >= 4 is 0 Å². The van der Waals surface area contributed by atoms with E-state index in [9.17, 15) is 25.5 Å². The fourth-order valence-corrected chi connectivity index (χ4v) is 5.77. The molecule has 222 valence electrons. The summed E-state index contributed by atoms with van der Waals surface area (Å²) in [6, 6.07) is -3.89. The Bertz CT molecular complexity index is 773. The van der Waals surface area contributed by atoms with Crippen molar-refractivity contribution in [3.05, 3.63) is 0 Å². The van der Waals surface area contributed by atoms with E-state index in [1.165, 1.54) is 0 Å². The summed E-state index contributed by atoms with van der Waals surface area (Å²) in [5.74, 6) is 0. The number of fused-ring (bicyclic) bond motifs is 1. The number of nitrogens with one attached hydrogen (secondary N) is 1. The molecule has 1 aliphatic carbocycles. The number of aliphatic hydroxyl groups is 5. The molecule has 16 nitrogen and oxygen atoms in total. The lowest BCUT2D eigenvalue weighted by Crippen LogP contribution is -2.70. The summed E-state index contributed by atoms with van der Waals surface area (Å²) in [5, 5.41) is 54.2. The van der Waals surface area contributed by atoms with Gasteiger partial charge in [-0.1, -0.05) is 0 Å². The maximum absolute atomic E-state index is 11.2. The van der Waals surface area contributed by atoms with Gasteiger partial charge in [-0.05, 0) is 26.3 Å². The van der Waals surface area contributed by atoms with Crippen molar-refractivity contribution in [2.45, 2.75) is 117 Å². The van der Waals surface area contributed by atoms with E-state index in [0.29, 0.717) is 0 Å². The Morgan fingerprint density at radius 2 is 1.58 bits per heavy atom. The van der Waals surface area contributed by atoms with E-state index in [-0.39, 0.29) is 25.9 Å². The van der Waals surface area contributed by atoms with Crippen molar-refractivity contribution in [3.63, 3.8) is 0 Å². The number of likely N-dealkylation sites (N-methyl/N-ethyl adjacent to an activating group) is 1. The maximum Gasteiger partial charge on any atom is 0.188 e. The van der Waals surface area contributed by atoms with E-state index in [2.05, 4.69) is 5.32 Å². The molecule has 38 heavy (non-hydrogen) atoms. The first-order valence-corrected chi connectivity index (χ1v) is 12.9. The van der Waals surface area contributed by atoms with Gasteiger partial charge in [-0.2, -0.15) is 0 Å². The second kappa shape index (κ2) is 12.1. The van der Waals surface area contributed by atoms with Gasteiger partial charge in [0.05, 0.1) is 55.7 Å². The molecule has 4 fully saturated rings. The Kier molecular flexibility index (Phi) is 9.63. The highest BCUT2D eigenvalue weighted by Crippen LogP contribution is 2.35. The Morgan fingerprint density at radius 1 is 0.868 bits per heavy atom. The molecule has 0 bridgehead atoms. The van der Waals surface area contributed by atoms with Crippen LogP contribution < -0.4 is 34.0 Å². The molecular formula is C22H44N6O10. The number of nitrogens with two attached hydrogens (primary N) is 5. The zero-order valence-electron chi connectivity index (χ0n) is 21.4. The van der Waals surface area contributed by atoms with Crippen LogP contribution in [0.15, 0.2) is 0 Å². The van der Waals surface area contributed by atoms with Crippen LogP contribution in [0, 0.1) is 0 Å². The topological polar surface area (TPSA) is 289 Å². The Morgan fingerprint density at radius 3 is 2.21 bits per heavy atom. The zero-order chi connectivity index (χ0) is 27.9. The summed E-state index contributed by atoms with van der Waals surface area (Å²) in [6.45, 7) is -0.459. The van der Waals surface area contributed by atoms with Gasteiger partial charge in [0.1, 0.15) is 24.4 Å². The van der Waals surface area contributed by atoms with E-state index in [1.807, 2.05) is 0 Å². The standard InChI is InChI=1S/C22H44N6O10/c1-28-14-17(33)18-10(35-20(14)38-21-16(32)13(26)12(25)11(5-29)36-21)2-7(23)19(37-18)34-6-22(27)3-8(24)15(31)9(30)4-22/h7-21,28-33H,2-6,23-27H2,1H3/t7?,8-,9?,10+,11?,12-,13?,14?,15?,16?,17?,18?,19+,20?,21-,22?/m1/s1. The summed E-state index contributed by atoms with van der Waals surface area (Å²) in [5.41, 5.74) is 29.5. The normalized spacial score (nSPS) is 53.9. The number of rotatable bonds is 7. The first kappa shape index (κ1) is 30.3. The van der Waals surface area contributed by atoms with Crippen molar-refractivity contribution in [2.75, 3.05) is 20.3 Å². The van der Waals surface area contributed by atoms with Crippen LogP contribution in [0.5, 0.6) is 0 Å². The Labute approximate surface area is 220 Å². The second-order valence-corrected chi connectivity index (χ2v) is 11.0. The summed E-state index contributed by atoms with van der Waals surface area (Å²) in [4.78, 5) is 0. The monoisotopic (exact) mass is 552 g/mol. The lowest BCUT2D eigenvalue weighted by atomic mass is 9.77. The van der Waals surface area contributed by atoms with E-state index < -0.39 is 104 Å². The van der Waals surface area contributed by atoms with Crippen LogP contribution in [-0.2, 0) is 23.7 Å². The van der Waals surface area contributed by atoms with Gasteiger partial charge in [0.2, 0.25) is 0 Å². The minimum atomic E-state index is -1.30. The molecule has 0 spiro atoms. The lowest BCUT2D eigenvalue weighted by Gasteiger charge is -2.51. The van der Waals surface area contributed by atoms with Crippen LogP contribution in [0.2, 0.25) is 0 Å². The lowest BCUT2D eigenvalue weighted by molar-refractivity contribution is -0.365. The third kappa shape index (κ3) is 6.01. The summed E-state index contributed by atoms with van der Waals surface area (Å²) < 4.78 is 29.5. The number of hydrogen-bond donors (Lipinski definition) is 11. The first-order valence-electron chi connectivity index (χ1n) is 12.9. The minimum Gasteiger partial charge on any atom is -0.394 e. The Balaban J connectivity index is 1.39. The highest BCUT2D eigenvalue weighted by Gasteiger charge is 2.53. The van der Waals surface area contributed by atoms with E-state index in [4.69, 9.17) is 52.4 Å². The molecule has 16 atom stereocenters. The quantitative estimate of drug-likeness (QED) is 0.140. The summed E-state index contributed by atoms with van der Waals surface area (Å²) >= 11 is 0. The number of hydrogen-bond acceptors (Lipinski definition) is 16. The van der Waals surface area contributed by atoms with Crippen molar-refractivity contribution in [2.24, 2.45) is 28.7 Å². The van der Waals surface area contributed by atoms with Gasteiger partial charge in [-0.15, -0.1) is 0 Å². The predicted octanol–water partition coefficient (Wildman–Crippen LogP) is -6.59. The van der Waals surface area contributed by atoms with Gasteiger partial charge in [0.25, 0.3) is 0 Å². The van der Waals surface area contributed by atoms with Crippen LogP contribution >= 0.6 is 0 Å². The van der Waals surface area contributed by atoms with Crippen LogP contribution in [0.1, 0.15) is 19.3 Å². The highest BCUT2D eigenvalue weighted by molar-refractivity contribution is 5.02. The second-order valence-electron chi connectivity index (χ2n) is 11.0. The SMILES string of the molecule is CNC1C(O[C@H]2OC(CO)[C@@H](N)C(N)C2O)O[C@H]2CC(N)[C@@H](OCC3(N)CC(O)C(O)[C@H](N)C3)OC2C1O. The molecule has 0 aromatic heterocycles. The van der Waals surface area contributed by atoms with Gasteiger partial charge < -0.3 is 83.2 Å². The van der Waals surface area contributed by atoms with E-state index in [1.54, 1.807) is 7.05 Å². The smallest absolute Gasteiger partial charge is 0.188 e. The van der Waals surface area contributed by atoms with Crippen LogP contribution in [0.4, 0.5) is 0 Å². The Hall–Kier alpha value is -0.640. The summed E-state index contributed by atoms with van der Waals surface area (Å²) in [7, 11) is 1.59. The molecule has 3 saturated heterocycles. The van der Waals surface area contributed by atoms with Crippen molar-refractivity contribution in [1.82, 2.24) is 5.32 Å². The van der Waals surface area contributed by atoms with Gasteiger partial charge >= 0.3 is 0 Å². The molecule has 4 rings (SSSR count).